The Kier molecular flexibility index (Phi) is 6.82. The number of benzene rings is 3. The first kappa shape index (κ1) is 22.2. The lowest BCUT2D eigenvalue weighted by atomic mass is 10.0. The van der Waals surface area contributed by atoms with Crippen LogP contribution in [0.3, 0.4) is 0 Å². The highest BCUT2D eigenvalue weighted by Crippen LogP contribution is 2.19. The van der Waals surface area contributed by atoms with Crippen molar-refractivity contribution in [2.45, 2.75) is 26.3 Å². The molecule has 3 rings (SSSR count). The minimum absolute atomic E-state index is 0.114. The summed E-state index contributed by atoms with van der Waals surface area (Å²) in [4.78, 5) is 24.9. The molecule has 3 N–H and O–H groups in total. The Bertz CT molecular complexity index is 1160. The molecule has 158 valence electrons. The average Bonchev–Trinajstić information content (AvgIpc) is 2.71. The van der Waals surface area contributed by atoms with Crippen LogP contribution in [0.5, 0.6) is 0 Å². The summed E-state index contributed by atoms with van der Waals surface area (Å²) in [5.74, 6) is -0.581. The number of anilines is 1. The molecule has 0 atom stereocenters. The van der Waals surface area contributed by atoms with Crippen molar-refractivity contribution < 1.29 is 9.59 Å². The molecule has 3 aromatic rings. The van der Waals surface area contributed by atoms with E-state index in [1.807, 2.05) is 63.2 Å². The van der Waals surface area contributed by atoms with E-state index in [0.29, 0.717) is 11.3 Å². The standard InChI is InChI=1S/C25H25N3O2S/c1-25(2,3)28-23(30)20-13-6-7-14-21(20)26-24(31)27-22(29)16-15-18-11-8-10-17-9-4-5-12-19(17)18/h4-16H,1-3H3,(H,28,30)(H2,26,27,29,31). The topological polar surface area (TPSA) is 70.2 Å². The number of nitrogens with one attached hydrogen (secondary N) is 3. The summed E-state index contributed by atoms with van der Waals surface area (Å²) in [6.45, 7) is 5.73. The Morgan fingerprint density at radius 2 is 1.58 bits per heavy atom. The number of amides is 2. The monoisotopic (exact) mass is 431 g/mol. The molecule has 2 amide bonds. The van der Waals surface area contributed by atoms with Crippen LogP contribution < -0.4 is 16.0 Å². The van der Waals surface area contributed by atoms with Crippen molar-refractivity contribution in [3.05, 3.63) is 83.9 Å². The number of rotatable bonds is 4. The van der Waals surface area contributed by atoms with Crippen molar-refractivity contribution in [2.75, 3.05) is 5.32 Å². The smallest absolute Gasteiger partial charge is 0.253 e. The molecule has 0 aliphatic rings. The molecule has 0 aliphatic carbocycles. The molecule has 3 aromatic carbocycles. The number of hydrogen-bond donors (Lipinski definition) is 3. The Morgan fingerprint density at radius 1 is 0.903 bits per heavy atom. The van der Waals surface area contributed by atoms with Crippen molar-refractivity contribution >= 4 is 51.7 Å². The van der Waals surface area contributed by atoms with Gasteiger partial charge >= 0.3 is 0 Å². The molecule has 0 unspecified atom stereocenters. The van der Waals surface area contributed by atoms with E-state index < -0.39 is 0 Å². The fourth-order valence-electron chi connectivity index (χ4n) is 3.07. The number of thiocarbonyl (C=S) groups is 1. The summed E-state index contributed by atoms with van der Waals surface area (Å²) >= 11 is 5.27. The number of carbonyl (C=O) groups is 2. The van der Waals surface area contributed by atoms with Crippen LogP contribution in [0.25, 0.3) is 16.8 Å². The minimum atomic E-state index is -0.370. The van der Waals surface area contributed by atoms with Gasteiger partial charge < -0.3 is 10.6 Å². The summed E-state index contributed by atoms with van der Waals surface area (Å²) in [7, 11) is 0. The molecule has 5 nitrogen and oxygen atoms in total. The van der Waals surface area contributed by atoms with Crippen LogP contribution >= 0.6 is 12.2 Å². The average molecular weight is 432 g/mol. The van der Waals surface area contributed by atoms with Crippen LogP contribution in [0.15, 0.2) is 72.8 Å². The van der Waals surface area contributed by atoms with Crippen molar-refractivity contribution in [1.29, 1.82) is 0 Å². The molecule has 0 saturated heterocycles. The van der Waals surface area contributed by atoms with Gasteiger partial charge in [0.1, 0.15) is 0 Å². The molecule has 0 aliphatic heterocycles. The third-order valence-electron chi connectivity index (χ3n) is 4.38. The van der Waals surface area contributed by atoms with Gasteiger partial charge in [0.15, 0.2) is 5.11 Å². The maximum Gasteiger partial charge on any atom is 0.253 e. The molecular formula is C25H25N3O2S. The molecule has 0 heterocycles. The highest BCUT2D eigenvalue weighted by molar-refractivity contribution is 7.80. The van der Waals surface area contributed by atoms with E-state index in [-0.39, 0.29) is 22.5 Å². The number of hydrogen-bond acceptors (Lipinski definition) is 3. The normalized spacial score (nSPS) is 11.3. The van der Waals surface area contributed by atoms with E-state index in [1.54, 1.807) is 30.3 Å². The lowest BCUT2D eigenvalue weighted by Gasteiger charge is -2.21. The van der Waals surface area contributed by atoms with Gasteiger partial charge in [-0.1, -0.05) is 54.6 Å². The van der Waals surface area contributed by atoms with Crippen molar-refractivity contribution in [2.24, 2.45) is 0 Å². The highest BCUT2D eigenvalue weighted by atomic mass is 32.1. The van der Waals surface area contributed by atoms with Crippen LogP contribution in [-0.4, -0.2) is 22.5 Å². The predicted octanol–water partition coefficient (Wildman–Crippen LogP) is 4.89. The molecule has 0 radical (unpaired) electrons. The van der Waals surface area contributed by atoms with Crippen molar-refractivity contribution in [1.82, 2.24) is 10.6 Å². The van der Waals surface area contributed by atoms with E-state index in [4.69, 9.17) is 12.2 Å². The zero-order valence-corrected chi connectivity index (χ0v) is 18.5. The zero-order valence-electron chi connectivity index (χ0n) is 17.7. The summed E-state index contributed by atoms with van der Waals surface area (Å²) in [5, 5.41) is 10.8. The van der Waals surface area contributed by atoms with Gasteiger partial charge in [0.05, 0.1) is 11.3 Å². The second-order valence-corrected chi connectivity index (χ2v) is 8.50. The van der Waals surface area contributed by atoms with E-state index in [0.717, 1.165) is 16.3 Å². The quantitative estimate of drug-likeness (QED) is 0.406. The molecule has 0 saturated carbocycles. The van der Waals surface area contributed by atoms with E-state index in [1.165, 1.54) is 6.08 Å². The summed E-state index contributed by atoms with van der Waals surface area (Å²) in [5.41, 5.74) is 1.54. The number of carbonyl (C=O) groups excluding carboxylic acids is 2. The van der Waals surface area contributed by atoms with Crippen molar-refractivity contribution in [3.63, 3.8) is 0 Å². The van der Waals surface area contributed by atoms with E-state index in [2.05, 4.69) is 16.0 Å². The van der Waals surface area contributed by atoms with Crippen LogP contribution in [-0.2, 0) is 4.79 Å². The predicted molar refractivity (Wildman–Crippen MR) is 131 cm³/mol. The molecule has 0 bridgehead atoms. The fourth-order valence-corrected chi connectivity index (χ4v) is 3.28. The molecule has 6 heteroatoms. The van der Waals surface area contributed by atoms with Gasteiger partial charge in [0.2, 0.25) is 5.91 Å². The Balaban J connectivity index is 1.67. The van der Waals surface area contributed by atoms with Crippen LogP contribution in [0.2, 0.25) is 0 Å². The molecule has 0 aromatic heterocycles. The summed E-state index contributed by atoms with van der Waals surface area (Å²) in [6.07, 6.45) is 3.19. The minimum Gasteiger partial charge on any atom is -0.347 e. The first-order chi connectivity index (χ1) is 14.7. The third-order valence-corrected chi connectivity index (χ3v) is 4.59. The van der Waals surface area contributed by atoms with Crippen LogP contribution in [0.1, 0.15) is 36.7 Å². The Labute approximate surface area is 187 Å². The van der Waals surface area contributed by atoms with Gasteiger partial charge in [-0.3, -0.25) is 14.9 Å². The summed E-state index contributed by atoms with van der Waals surface area (Å²) in [6, 6.07) is 20.9. The van der Waals surface area contributed by atoms with Crippen molar-refractivity contribution in [3.8, 4) is 0 Å². The molecular weight excluding hydrogens is 406 g/mol. The maximum absolute atomic E-state index is 12.6. The summed E-state index contributed by atoms with van der Waals surface area (Å²) < 4.78 is 0. The molecule has 31 heavy (non-hydrogen) atoms. The van der Waals surface area contributed by atoms with Gasteiger partial charge in [0, 0.05) is 11.6 Å². The highest BCUT2D eigenvalue weighted by Gasteiger charge is 2.18. The van der Waals surface area contributed by atoms with Crippen LogP contribution in [0, 0.1) is 0 Å². The second kappa shape index (κ2) is 9.53. The fraction of sp³-hybridized carbons (Fsp3) is 0.160. The zero-order chi connectivity index (χ0) is 22.4. The van der Waals surface area contributed by atoms with Gasteiger partial charge in [-0.05, 0) is 67.5 Å². The lowest BCUT2D eigenvalue weighted by molar-refractivity contribution is -0.115. The van der Waals surface area contributed by atoms with Gasteiger partial charge in [-0.2, -0.15) is 0 Å². The second-order valence-electron chi connectivity index (χ2n) is 8.09. The maximum atomic E-state index is 12.6. The first-order valence-electron chi connectivity index (χ1n) is 9.92. The Morgan fingerprint density at radius 3 is 2.35 bits per heavy atom. The van der Waals surface area contributed by atoms with E-state index >= 15 is 0 Å². The first-order valence-corrected chi connectivity index (χ1v) is 10.3. The van der Waals surface area contributed by atoms with Gasteiger partial charge in [0.25, 0.3) is 5.91 Å². The Hall–Kier alpha value is -3.51. The molecule has 0 spiro atoms. The third kappa shape index (κ3) is 6.23. The van der Waals surface area contributed by atoms with Crippen LogP contribution in [0.4, 0.5) is 5.69 Å². The SMILES string of the molecule is CC(C)(C)NC(=O)c1ccccc1NC(=S)NC(=O)C=Cc1cccc2ccccc12. The number of para-hydroxylation sites is 1. The molecule has 0 fully saturated rings. The largest absolute Gasteiger partial charge is 0.347 e. The van der Waals surface area contributed by atoms with E-state index in [9.17, 15) is 9.59 Å². The lowest BCUT2D eigenvalue weighted by Crippen LogP contribution is -2.41. The van der Waals surface area contributed by atoms with Gasteiger partial charge in [-0.25, -0.2) is 0 Å². The number of fused-ring (bicyclic) bond motifs is 1. The van der Waals surface area contributed by atoms with Gasteiger partial charge in [-0.15, -0.1) is 0 Å².